The van der Waals surface area contributed by atoms with Gasteiger partial charge in [0.05, 0.1) is 9.85 Å². The summed E-state index contributed by atoms with van der Waals surface area (Å²) < 4.78 is 40.1. The fourth-order valence-corrected chi connectivity index (χ4v) is 2.42. The van der Waals surface area contributed by atoms with Gasteiger partial charge >= 0.3 is 17.8 Å². The molecule has 1 heterocycles. The molecule has 0 amide bonds. The van der Waals surface area contributed by atoms with E-state index in [0.29, 0.717) is 0 Å². The molecule has 2 rings (SSSR count). The van der Waals surface area contributed by atoms with Crippen molar-refractivity contribution in [1.29, 1.82) is 0 Å². The quantitative estimate of drug-likeness (QED) is 0.473. The van der Waals surface area contributed by atoms with Gasteiger partial charge in [0.25, 0.3) is 5.69 Å². The third kappa shape index (κ3) is 3.39. The molecule has 0 aliphatic heterocycles. The molecule has 0 saturated carbocycles. The first-order valence-electron chi connectivity index (χ1n) is 6.38. The first-order chi connectivity index (χ1) is 11.9. The van der Waals surface area contributed by atoms with Crippen LogP contribution in [0.4, 0.5) is 24.5 Å². The summed E-state index contributed by atoms with van der Waals surface area (Å²) in [5.74, 6) is -2.16. The van der Waals surface area contributed by atoms with Crippen molar-refractivity contribution in [2.24, 2.45) is 0 Å². The van der Waals surface area contributed by atoms with Crippen molar-refractivity contribution in [3.05, 3.63) is 60.8 Å². The van der Waals surface area contributed by atoms with Crippen LogP contribution in [0, 0.1) is 20.2 Å². The van der Waals surface area contributed by atoms with Crippen LogP contribution >= 0.6 is 11.6 Å². The maximum atomic E-state index is 13.4. The molecule has 13 heteroatoms. The van der Waals surface area contributed by atoms with Gasteiger partial charge in [0.2, 0.25) is 0 Å². The lowest BCUT2D eigenvalue weighted by molar-refractivity contribution is -0.387. The first kappa shape index (κ1) is 19.1. The second-order valence-corrected chi connectivity index (χ2v) is 5.08. The normalized spacial score (nSPS) is 11.2. The number of carboxylic acid groups (broad SMARTS) is 1. The van der Waals surface area contributed by atoms with Crippen molar-refractivity contribution in [2.45, 2.75) is 6.18 Å². The van der Waals surface area contributed by atoms with E-state index < -0.39 is 60.9 Å². The number of non-ortho nitro benzene ring substituents is 1. The molecule has 26 heavy (non-hydrogen) atoms. The van der Waals surface area contributed by atoms with Gasteiger partial charge in [-0.25, -0.2) is 9.78 Å². The molecule has 0 bridgehead atoms. The number of aromatic carboxylic acids is 1. The number of nitro benzene ring substituents is 1. The van der Waals surface area contributed by atoms with Crippen molar-refractivity contribution in [1.82, 2.24) is 4.98 Å². The molecule has 9 nitrogen and oxygen atoms in total. The Kier molecular flexibility index (Phi) is 4.80. The summed E-state index contributed by atoms with van der Waals surface area (Å²) in [4.78, 5) is 34.2. The molecule has 0 spiro atoms. The summed E-state index contributed by atoms with van der Waals surface area (Å²) in [6.45, 7) is 0. The van der Waals surface area contributed by atoms with Gasteiger partial charge in [0.15, 0.2) is 11.3 Å². The molecule has 2 aromatic rings. The van der Waals surface area contributed by atoms with Crippen LogP contribution in [0.2, 0.25) is 5.15 Å². The maximum Gasteiger partial charge on any atom is 0.424 e. The number of hydrogen-bond donors (Lipinski definition) is 1. The predicted molar refractivity (Wildman–Crippen MR) is 80.0 cm³/mol. The molecular weight excluding hydrogens is 387 g/mol. The van der Waals surface area contributed by atoms with Crippen molar-refractivity contribution in [3.63, 3.8) is 0 Å². The van der Waals surface area contributed by atoms with Crippen LogP contribution in [0.1, 0.15) is 15.9 Å². The Bertz CT molecular complexity index is 947. The number of carboxylic acids is 1. The molecule has 0 fully saturated rings. The molecule has 0 unspecified atom stereocenters. The van der Waals surface area contributed by atoms with E-state index >= 15 is 0 Å². The van der Waals surface area contributed by atoms with Gasteiger partial charge in [-0.05, 0) is 0 Å². The number of rotatable bonds is 4. The highest BCUT2D eigenvalue weighted by molar-refractivity contribution is 6.33. The summed E-state index contributed by atoms with van der Waals surface area (Å²) >= 11 is 5.52. The Morgan fingerprint density at radius 2 is 1.81 bits per heavy atom. The van der Waals surface area contributed by atoms with E-state index in [0.717, 1.165) is 24.3 Å². The van der Waals surface area contributed by atoms with Crippen LogP contribution in [0.15, 0.2) is 24.3 Å². The lowest BCUT2D eigenvalue weighted by Crippen LogP contribution is -2.18. The number of nitrogens with zero attached hydrogens (tertiary/aromatic N) is 3. The number of alkyl halides is 3. The van der Waals surface area contributed by atoms with Crippen LogP contribution in [-0.4, -0.2) is 25.9 Å². The van der Waals surface area contributed by atoms with Crippen LogP contribution < -0.4 is 0 Å². The lowest BCUT2D eigenvalue weighted by atomic mass is 10.0. The standard InChI is InChI=1S/C13H5ClF3N3O6/c14-11-7(12(21)22)8(13(15,16)17)10(20(25)26)9(18-11)5-2-1-3-6(4-5)19(23)24/h1-4H,(H,21,22). The summed E-state index contributed by atoms with van der Waals surface area (Å²) in [6, 6.07) is 3.88. The topological polar surface area (TPSA) is 136 Å². The van der Waals surface area contributed by atoms with E-state index in [2.05, 4.69) is 4.98 Å². The number of carbonyl (C=O) groups is 1. The SMILES string of the molecule is O=C(O)c1c(Cl)nc(-c2cccc([N+](=O)[O-])c2)c([N+](=O)[O-])c1C(F)(F)F. The van der Waals surface area contributed by atoms with Crippen LogP contribution in [0.5, 0.6) is 0 Å². The smallest absolute Gasteiger partial charge is 0.424 e. The number of halogens is 4. The Morgan fingerprint density at radius 3 is 2.27 bits per heavy atom. The minimum absolute atomic E-state index is 0.407. The monoisotopic (exact) mass is 391 g/mol. The second-order valence-electron chi connectivity index (χ2n) is 4.72. The molecule has 0 atom stereocenters. The average molecular weight is 392 g/mol. The molecule has 0 radical (unpaired) electrons. The summed E-state index contributed by atoms with van der Waals surface area (Å²) in [5.41, 5.74) is -7.27. The zero-order valence-electron chi connectivity index (χ0n) is 12.2. The largest absolute Gasteiger partial charge is 0.478 e. The summed E-state index contributed by atoms with van der Waals surface area (Å²) in [5, 5.41) is 29.9. The van der Waals surface area contributed by atoms with Gasteiger partial charge in [-0.15, -0.1) is 0 Å². The van der Waals surface area contributed by atoms with E-state index in [1.165, 1.54) is 0 Å². The molecule has 1 aromatic carbocycles. The fourth-order valence-electron chi connectivity index (χ4n) is 2.16. The van der Waals surface area contributed by atoms with E-state index in [1.54, 1.807) is 0 Å². The van der Waals surface area contributed by atoms with E-state index in [1.807, 2.05) is 0 Å². The molecule has 0 aliphatic carbocycles. The van der Waals surface area contributed by atoms with Crippen molar-refractivity contribution in [2.75, 3.05) is 0 Å². The molecule has 136 valence electrons. The lowest BCUT2D eigenvalue weighted by Gasteiger charge is -2.14. The van der Waals surface area contributed by atoms with Crippen molar-refractivity contribution in [3.8, 4) is 11.3 Å². The highest BCUT2D eigenvalue weighted by atomic mass is 35.5. The van der Waals surface area contributed by atoms with Crippen LogP contribution in [-0.2, 0) is 6.18 Å². The zero-order valence-corrected chi connectivity index (χ0v) is 12.9. The number of hydrogen-bond acceptors (Lipinski definition) is 6. The van der Waals surface area contributed by atoms with E-state index in [9.17, 15) is 38.2 Å². The third-order valence-electron chi connectivity index (χ3n) is 3.14. The van der Waals surface area contributed by atoms with Crippen LogP contribution in [0.3, 0.4) is 0 Å². The minimum atomic E-state index is -5.45. The molecule has 1 aromatic heterocycles. The molecule has 0 saturated heterocycles. The fraction of sp³-hybridized carbons (Fsp3) is 0.0769. The number of aromatic nitrogens is 1. The summed E-state index contributed by atoms with van der Waals surface area (Å²) in [7, 11) is 0. The van der Waals surface area contributed by atoms with Gasteiger partial charge in [0.1, 0.15) is 10.7 Å². The van der Waals surface area contributed by atoms with Crippen molar-refractivity contribution < 1.29 is 32.9 Å². The average Bonchev–Trinajstić information content (AvgIpc) is 2.52. The molecular formula is C13H5ClF3N3O6. The number of nitro groups is 2. The number of pyridine rings is 1. The van der Waals surface area contributed by atoms with Crippen molar-refractivity contribution >= 4 is 28.9 Å². The van der Waals surface area contributed by atoms with Gasteiger partial charge in [0, 0.05) is 17.7 Å². The van der Waals surface area contributed by atoms with Gasteiger partial charge in [-0.3, -0.25) is 20.2 Å². The number of benzene rings is 1. The maximum absolute atomic E-state index is 13.4. The van der Waals surface area contributed by atoms with Gasteiger partial charge in [-0.2, -0.15) is 13.2 Å². The van der Waals surface area contributed by atoms with Crippen LogP contribution in [0.25, 0.3) is 11.3 Å². The van der Waals surface area contributed by atoms with Gasteiger partial charge < -0.3 is 5.11 Å². The highest BCUT2D eigenvalue weighted by Gasteiger charge is 2.46. The van der Waals surface area contributed by atoms with Gasteiger partial charge in [-0.1, -0.05) is 23.7 Å². The predicted octanol–water partition coefficient (Wildman–Crippen LogP) is 3.94. The molecule has 1 N–H and O–H groups in total. The third-order valence-corrected chi connectivity index (χ3v) is 3.41. The zero-order chi connectivity index (χ0) is 19.8. The van der Waals surface area contributed by atoms with E-state index in [-0.39, 0.29) is 0 Å². The summed E-state index contributed by atoms with van der Waals surface area (Å²) in [6.07, 6.45) is -5.45. The Balaban J connectivity index is 2.98. The Morgan fingerprint density at radius 1 is 1.19 bits per heavy atom. The first-order valence-corrected chi connectivity index (χ1v) is 6.76. The van der Waals surface area contributed by atoms with E-state index in [4.69, 9.17) is 16.7 Å². The molecule has 0 aliphatic rings. The highest BCUT2D eigenvalue weighted by Crippen LogP contribution is 2.45. The minimum Gasteiger partial charge on any atom is -0.478 e. The Hall–Kier alpha value is -3.28. The second kappa shape index (κ2) is 6.55. The Labute approximate surface area is 145 Å².